The monoisotopic (exact) mass is 278 g/mol. The highest BCUT2D eigenvalue weighted by Crippen LogP contribution is 2.42. The number of para-hydroxylation sites is 1. The van der Waals surface area contributed by atoms with E-state index in [9.17, 15) is 9.50 Å². The number of hydrogen-bond acceptors (Lipinski definition) is 3. The average molecular weight is 278 g/mol. The van der Waals surface area contributed by atoms with Crippen molar-refractivity contribution in [3.63, 3.8) is 0 Å². The summed E-state index contributed by atoms with van der Waals surface area (Å²) >= 11 is 0. The Morgan fingerprint density at radius 3 is 2.90 bits per heavy atom. The van der Waals surface area contributed by atoms with Gasteiger partial charge in [0.25, 0.3) is 0 Å². The molecule has 1 aliphatic heterocycles. The lowest BCUT2D eigenvalue weighted by Crippen LogP contribution is -2.45. The maximum Gasteiger partial charge on any atom is 0.170 e. The standard InChI is InChI=1S/C16H19FO3/c1-3-15(2)10-16(18,7-8-19-15)13-9-11-5-4-6-12(17)14(11)20-13/h4-6,9,18H,3,7-8,10H2,1-2H3. The van der Waals surface area contributed by atoms with Crippen LogP contribution < -0.4 is 0 Å². The van der Waals surface area contributed by atoms with Gasteiger partial charge in [-0.15, -0.1) is 0 Å². The van der Waals surface area contributed by atoms with Crippen molar-refractivity contribution in [1.82, 2.24) is 0 Å². The van der Waals surface area contributed by atoms with Gasteiger partial charge in [-0.05, 0) is 25.5 Å². The summed E-state index contributed by atoms with van der Waals surface area (Å²) in [5.74, 6) is 0.0308. The first-order valence-corrected chi connectivity index (χ1v) is 7.01. The van der Waals surface area contributed by atoms with Crippen molar-refractivity contribution in [2.45, 2.75) is 44.3 Å². The second-order valence-electron chi connectivity index (χ2n) is 5.88. The van der Waals surface area contributed by atoms with E-state index >= 15 is 0 Å². The molecule has 3 rings (SSSR count). The van der Waals surface area contributed by atoms with Crippen LogP contribution in [-0.4, -0.2) is 17.3 Å². The van der Waals surface area contributed by atoms with Crippen LogP contribution in [0.25, 0.3) is 11.0 Å². The van der Waals surface area contributed by atoms with Gasteiger partial charge in [0.05, 0.1) is 12.2 Å². The summed E-state index contributed by atoms with van der Waals surface area (Å²) in [7, 11) is 0. The molecule has 108 valence electrons. The maximum absolute atomic E-state index is 13.7. The fraction of sp³-hybridized carbons (Fsp3) is 0.500. The van der Waals surface area contributed by atoms with E-state index in [1.807, 2.05) is 13.8 Å². The van der Waals surface area contributed by atoms with Crippen LogP contribution >= 0.6 is 0 Å². The van der Waals surface area contributed by atoms with Gasteiger partial charge in [0, 0.05) is 18.2 Å². The largest absolute Gasteiger partial charge is 0.455 e. The molecule has 1 aliphatic rings. The molecule has 20 heavy (non-hydrogen) atoms. The van der Waals surface area contributed by atoms with Crippen molar-refractivity contribution in [2.24, 2.45) is 0 Å². The van der Waals surface area contributed by atoms with E-state index in [-0.39, 0.29) is 11.2 Å². The first kappa shape index (κ1) is 13.6. The molecule has 0 spiro atoms. The van der Waals surface area contributed by atoms with Gasteiger partial charge < -0.3 is 14.3 Å². The number of hydrogen-bond donors (Lipinski definition) is 1. The SMILES string of the molecule is CCC1(C)CC(O)(c2cc3cccc(F)c3o2)CCO1. The minimum Gasteiger partial charge on any atom is -0.455 e. The summed E-state index contributed by atoms with van der Waals surface area (Å²) in [4.78, 5) is 0. The molecule has 0 radical (unpaired) electrons. The molecule has 0 saturated carbocycles. The Hall–Kier alpha value is -1.39. The number of halogens is 1. The van der Waals surface area contributed by atoms with Gasteiger partial charge in [-0.3, -0.25) is 0 Å². The Balaban J connectivity index is 2.03. The van der Waals surface area contributed by atoms with Crippen molar-refractivity contribution in [2.75, 3.05) is 6.61 Å². The molecule has 2 heterocycles. The normalized spacial score (nSPS) is 30.8. The highest BCUT2D eigenvalue weighted by atomic mass is 19.1. The molecule has 1 fully saturated rings. The van der Waals surface area contributed by atoms with Crippen LogP contribution in [-0.2, 0) is 10.3 Å². The average Bonchev–Trinajstić information content (AvgIpc) is 2.85. The zero-order valence-electron chi connectivity index (χ0n) is 11.8. The third kappa shape index (κ3) is 2.13. The van der Waals surface area contributed by atoms with Crippen molar-refractivity contribution >= 4 is 11.0 Å². The van der Waals surface area contributed by atoms with Crippen molar-refractivity contribution in [3.8, 4) is 0 Å². The number of benzene rings is 1. The van der Waals surface area contributed by atoms with Crippen molar-refractivity contribution in [3.05, 3.63) is 35.8 Å². The van der Waals surface area contributed by atoms with E-state index in [0.29, 0.717) is 30.6 Å². The Morgan fingerprint density at radius 2 is 2.20 bits per heavy atom. The number of ether oxygens (including phenoxy) is 1. The van der Waals surface area contributed by atoms with Gasteiger partial charge >= 0.3 is 0 Å². The number of fused-ring (bicyclic) bond motifs is 1. The van der Waals surface area contributed by atoms with Crippen LogP contribution in [0.15, 0.2) is 28.7 Å². The quantitative estimate of drug-likeness (QED) is 0.910. The Morgan fingerprint density at radius 1 is 1.40 bits per heavy atom. The van der Waals surface area contributed by atoms with E-state index in [4.69, 9.17) is 9.15 Å². The summed E-state index contributed by atoms with van der Waals surface area (Å²) in [6, 6.07) is 6.52. The minimum atomic E-state index is -1.09. The molecule has 2 atom stereocenters. The van der Waals surface area contributed by atoms with Crippen molar-refractivity contribution in [1.29, 1.82) is 0 Å². The molecule has 2 aromatic rings. The number of aliphatic hydroxyl groups is 1. The molecule has 2 unspecified atom stereocenters. The van der Waals surface area contributed by atoms with E-state index in [0.717, 1.165) is 6.42 Å². The summed E-state index contributed by atoms with van der Waals surface area (Å²) in [5, 5.41) is 11.6. The molecule has 1 saturated heterocycles. The van der Waals surface area contributed by atoms with Gasteiger partial charge in [0.1, 0.15) is 11.4 Å². The molecule has 4 heteroatoms. The van der Waals surface area contributed by atoms with Gasteiger partial charge in [-0.2, -0.15) is 0 Å². The lowest BCUT2D eigenvalue weighted by atomic mass is 9.80. The van der Waals surface area contributed by atoms with Crippen LogP contribution in [0.4, 0.5) is 4.39 Å². The van der Waals surface area contributed by atoms with Gasteiger partial charge in [0.15, 0.2) is 11.4 Å². The number of furan rings is 1. The first-order chi connectivity index (χ1) is 9.46. The summed E-state index contributed by atoms with van der Waals surface area (Å²) < 4.78 is 25.1. The van der Waals surface area contributed by atoms with Crippen LogP contribution in [0.1, 0.15) is 38.9 Å². The molecule has 1 aromatic heterocycles. The molecule has 0 amide bonds. The molecule has 1 aromatic carbocycles. The highest BCUT2D eigenvalue weighted by molar-refractivity contribution is 5.78. The van der Waals surface area contributed by atoms with E-state index in [1.165, 1.54) is 6.07 Å². The molecular formula is C16H19FO3. The van der Waals surface area contributed by atoms with E-state index in [2.05, 4.69) is 0 Å². The topological polar surface area (TPSA) is 42.6 Å². The van der Waals surface area contributed by atoms with Gasteiger partial charge in [-0.1, -0.05) is 19.1 Å². The Labute approximate surface area is 117 Å². The lowest BCUT2D eigenvalue weighted by molar-refractivity contribution is -0.163. The first-order valence-electron chi connectivity index (χ1n) is 7.01. The highest BCUT2D eigenvalue weighted by Gasteiger charge is 2.44. The van der Waals surface area contributed by atoms with Crippen LogP contribution in [0.3, 0.4) is 0 Å². The minimum absolute atomic E-state index is 0.209. The lowest BCUT2D eigenvalue weighted by Gasteiger charge is -2.42. The zero-order valence-corrected chi connectivity index (χ0v) is 11.8. The third-order valence-electron chi connectivity index (χ3n) is 4.34. The fourth-order valence-electron chi connectivity index (χ4n) is 2.92. The second-order valence-corrected chi connectivity index (χ2v) is 5.88. The van der Waals surface area contributed by atoms with Gasteiger partial charge in [0.2, 0.25) is 0 Å². The van der Waals surface area contributed by atoms with E-state index < -0.39 is 11.4 Å². The maximum atomic E-state index is 13.7. The molecule has 0 aliphatic carbocycles. The summed E-state index contributed by atoms with van der Waals surface area (Å²) in [6.45, 7) is 4.49. The predicted octanol–water partition coefficient (Wildman–Crippen LogP) is 3.74. The van der Waals surface area contributed by atoms with Gasteiger partial charge in [-0.25, -0.2) is 4.39 Å². The fourth-order valence-corrected chi connectivity index (χ4v) is 2.92. The van der Waals surface area contributed by atoms with Crippen molar-refractivity contribution < 1.29 is 18.7 Å². The van der Waals surface area contributed by atoms with E-state index in [1.54, 1.807) is 18.2 Å². The zero-order chi connectivity index (χ0) is 14.4. The molecule has 0 bridgehead atoms. The predicted molar refractivity (Wildman–Crippen MR) is 74.0 cm³/mol. The Kier molecular flexibility index (Phi) is 3.10. The van der Waals surface area contributed by atoms with Crippen LogP contribution in [0, 0.1) is 5.82 Å². The summed E-state index contributed by atoms with van der Waals surface area (Å²) in [5.41, 5.74) is -1.25. The number of rotatable bonds is 2. The second kappa shape index (κ2) is 4.57. The van der Waals surface area contributed by atoms with Crippen LogP contribution in [0.5, 0.6) is 0 Å². The smallest absolute Gasteiger partial charge is 0.170 e. The van der Waals surface area contributed by atoms with Crippen LogP contribution in [0.2, 0.25) is 0 Å². The molecular weight excluding hydrogens is 259 g/mol. The Bertz CT molecular complexity index is 636. The molecule has 1 N–H and O–H groups in total. The molecule has 3 nitrogen and oxygen atoms in total. The third-order valence-corrected chi connectivity index (χ3v) is 4.34. The summed E-state index contributed by atoms with van der Waals surface area (Å²) in [6.07, 6.45) is 1.73.